The van der Waals surface area contributed by atoms with Gasteiger partial charge in [0.05, 0.1) is 2.74 Å². The summed E-state index contributed by atoms with van der Waals surface area (Å²) < 4.78 is 16.0. The van der Waals surface area contributed by atoms with Gasteiger partial charge in [-0.05, 0) is 22.6 Å². The molecule has 0 bridgehead atoms. The second-order valence-electron chi connectivity index (χ2n) is 4.39. The topological polar surface area (TPSA) is 0 Å². The molecule has 0 amide bonds. The van der Waals surface area contributed by atoms with E-state index in [1.807, 2.05) is 68.5 Å². The van der Waals surface area contributed by atoms with Gasteiger partial charge in [-0.25, -0.2) is 0 Å². The van der Waals surface area contributed by atoms with Crippen molar-refractivity contribution < 1.29 is 2.74 Å². The summed E-state index contributed by atoms with van der Waals surface area (Å²) in [6.07, 6.45) is 3.96. The summed E-state index contributed by atoms with van der Waals surface area (Å²) in [5, 5.41) is 0. The molecular weight excluding hydrogens is 204 g/mol. The summed E-state index contributed by atoms with van der Waals surface area (Å²) in [7, 11) is 0. The Bertz CT molecular complexity index is 560. The minimum Gasteiger partial charge on any atom is -0.0622 e. The fourth-order valence-electron chi connectivity index (χ4n) is 1.59. The maximum Gasteiger partial charge on any atom is 0.0626 e. The molecule has 0 fully saturated rings. The van der Waals surface area contributed by atoms with Crippen LogP contribution in [0.15, 0.2) is 54.5 Å². The summed E-state index contributed by atoms with van der Waals surface area (Å²) in [6, 6.07) is 14.6. The molecule has 0 heteroatoms. The van der Waals surface area contributed by atoms with Crippen LogP contribution < -0.4 is 0 Å². The first-order chi connectivity index (χ1) is 9.08. The van der Waals surface area contributed by atoms with Crippen LogP contribution in [0, 0.1) is 0 Å². The standard InChI is InChI=1S/C17H18/c1-14(2)17-12-10-16(11-13-17)9-8-15-6-4-3-5-7-15/h3-14H,1-2H3/b9-8+/i12D,13D. The van der Waals surface area contributed by atoms with E-state index in [1.165, 1.54) is 0 Å². The third-order valence-corrected chi connectivity index (χ3v) is 2.63. The molecule has 0 spiro atoms. The minimum absolute atomic E-state index is 0.215. The SMILES string of the molecule is [2H]c1cc(/C=C/c2ccccc2)cc([2H])c1C(C)C. The fourth-order valence-corrected chi connectivity index (χ4v) is 1.59. The lowest BCUT2D eigenvalue weighted by molar-refractivity contribution is 0.866. The zero-order valence-electron chi connectivity index (χ0n) is 12.3. The van der Waals surface area contributed by atoms with Crippen LogP contribution in [0.1, 0.15) is 39.2 Å². The van der Waals surface area contributed by atoms with Crippen LogP contribution in [0.25, 0.3) is 12.2 Å². The van der Waals surface area contributed by atoms with Gasteiger partial charge in [0.2, 0.25) is 0 Å². The molecule has 0 aromatic heterocycles. The lowest BCUT2D eigenvalue weighted by Gasteiger charge is -2.04. The van der Waals surface area contributed by atoms with Gasteiger partial charge in [-0.15, -0.1) is 0 Å². The smallest absolute Gasteiger partial charge is 0.0622 e. The fraction of sp³-hybridized carbons (Fsp3) is 0.176. The molecular formula is C17H18. The van der Waals surface area contributed by atoms with Gasteiger partial charge in [-0.2, -0.15) is 0 Å². The molecule has 86 valence electrons. The minimum atomic E-state index is 0.215. The quantitative estimate of drug-likeness (QED) is 0.645. The van der Waals surface area contributed by atoms with E-state index in [4.69, 9.17) is 2.74 Å². The summed E-state index contributed by atoms with van der Waals surface area (Å²) in [4.78, 5) is 0. The van der Waals surface area contributed by atoms with Gasteiger partial charge in [0.1, 0.15) is 0 Å². The largest absolute Gasteiger partial charge is 0.0626 e. The van der Waals surface area contributed by atoms with E-state index in [9.17, 15) is 0 Å². The second-order valence-corrected chi connectivity index (χ2v) is 4.39. The molecule has 0 unspecified atom stereocenters. The van der Waals surface area contributed by atoms with Gasteiger partial charge in [-0.3, -0.25) is 0 Å². The Morgan fingerprint density at radius 3 is 1.94 bits per heavy atom. The molecule has 2 aromatic rings. The molecule has 0 saturated carbocycles. The molecule has 0 atom stereocenters. The zero-order chi connectivity index (χ0) is 13.8. The van der Waals surface area contributed by atoms with Gasteiger partial charge < -0.3 is 0 Å². The summed E-state index contributed by atoms with van der Waals surface area (Å²) >= 11 is 0. The van der Waals surface area contributed by atoms with Gasteiger partial charge in [-0.1, -0.05) is 80.5 Å². The van der Waals surface area contributed by atoms with Gasteiger partial charge >= 0.3 is 0 Å². The Balaban J connectivity index is 2.30. The van der Waals surface area contributed by atoms with Crippen LogP contribution in [-0.4, -0.2) is 0 Å². The third-order valence-electron chi connectivity index (χ3n) is 2.63. The van der Waals surface area contributed by atoms with E-state index in [1.54, 1.807) is 0 Å². The van der Waals surface area contributed by atoms with E-state index in [-0.39, 0.29) is 5.92 Å². The Morgan fingerprint density at radius 1 is 0.882 bits per heavy atom. The average molecular weight is 224 g/mol. The van der Waals surface area contributed by atoms with Crippen LogP contribution in [-0.2, 0) is 0 Å². The van der Waals surface area contributed by atoms with Crippen molar-refractivity contribution in [2.24, 2.45) is 0 Å². The maximum absolute atomic E-state index is 8.01. The van der Waals surface area contributed by atoms with Crippen LogP contribution >= 0.6 is 0 Å². The van der Waals surface area contributed by atoms with Gasteiger partial charge in [0.15, 0.2) is 0 Å². The van der Waals surface area contributed by atoms with Crippen LogP contribution in [0.5, 0.6) is 0 Å². The number of benzene rings is 2. The number of hydrogen-bond acceptors (Lipinski definition) is 0. The van der Waals surface area contributed by atoms with E-state index < -0.39 is 0 Å². The molecule has 0 aliphatic carbocycles. The van der Waals surface area contributed by atoms with E-state index in [2.05, 4.69) is 0 Å². The Hall–Kier alpha value is -1.82. The Kier molecular flexibility index (Phi) is 2.98. The molecule has 0 saturated heterocycles. The molecule has 0 radical (unpaired) electrons. The van der Waals surface area contributed by atoms with Gasteiger partial charge in [0, 0.05) is 0 Å². The lowest BCUT2D eigenvalue weighted by atomic mass is 10.0. The molecule has 0 nitrogen and oxygen atoms in total. The second kappa shape index (κ2) is 5.49. The van der Waals surface area contributed by atoms with E-state index >= 15 is 0 Å². The van der Waals surface area contributed by atoms with Crippen molar-refractivity contribution in [1.29, 1.82) is 0 Å². The van der Waals surface area contributed by atoms with Crippen molar-refractivity contribution in [3.63, 3.8) is 0 Å². The molecule has 0 N–H and O–H groups in total. The first kappa shape index (κ1) is 9.23. The van der Waals surface area contributed by atoms with Crippen molar-refractivity contribution in [2.45, 2.75) is 19.8 Å². The van der Waals surface area contributed by atoms with Crippen molar-refractivity contribution >= 4 is 12.2 Å². The average Bonchev–Trinajstić information content (AvgIpc) is 2.36. The zero-order valence-corrected chi connectivity index (χ0v) is 10.3. The summed E-state index contributed by atoms with van der Waals surface area (Å²) in [5.41, 5.74) is 2.84. The van der Waals surface area contributed by atoms with Crippen LogP contribution in [0.2, 0.25) is 0 Å². The van der Waals surface area contributed by atoms with Crippen LogP contribution in [0.4, 0.5) is 0 Å². The highest BCUT2D eigenvalue weighted by Gasteiger charge is 1.96. The molecule has 0 aliphatic heterocycles. The molecule has 0 heterocycles. The first-order valence-corrected chi connectivity index (χ1v) is 5.92. The first-order valence-electron chi connectivity index (χ1n) is 6.92. The number of rotatable bonds is 3. The monoisotopic (exact) mass is 224 g/mol. The summed E-state index contributed by atoms with van der Waals surface area (Å²) in [5.74, 6) is 0.215. The number of hydrogen-bond donors (Lipinski definition) is 0. The predicted molar refractivity (Wildman–Crippen MR) is 75.9 cm³/mol. The normalized spacial score (nSPS) is 12.9. The maximum atomic E-state index is 8.01. The van der Waals surface area contributed by atoms with Crippen molar-refractivity contribution in [1.82, 2.24) is 0 Å². The molecule has 2 rings (SSSR count). The van der Waals surface area contributed by atoms with Crippen LogP contribution in [0.3, 0.4) is 0 Å². The Labute approximate surface area is 106 Å². The highest BCUT2D eigenvalue weighted by atomic mass is 14.0. The van der Waals surface area contributed by atoms with Crippen molar-refractivity contribution in [3.8, 4) is 0 Å². The lowest BCUT2D eigenvalue weighted by Crippen LogP contribution is -1.85. The molecule has 2 aromatic carbocycles. The highest BCUT2D eigenvalue weighted by molar-refractivity contribution is 5.69. The highest BCUT2D eigenvalue weighted by Crippen LogP contribution is 2.16. The van der Waals surface area contributed by atoms with Gasteiger partial charge in [0.25, 0.3) is 0 Å². The predicted octanol–water partition coefficient (Wildman–Crippen LogP) is 4.98. The molecule has 17 heavy (non-hydrogen) atoms. The van der Waals surface area contributed by atoms with E-state index in [0.29, 0.717) is 12.1 Å². The van der Waals surface area contributed by atoms with Crippen molar-refractivity contribution in [2.75, 3.05) is 0 Å². The summed E-state index contributed by atoms with van der Waals surface area (Å²) in [6.45, 7) is 4.04. The third kappa shape index (κ3) is 3.32. The van der Waals surface area contributed by atoms with E-state index in [0.717, 1.165) is 16.7 Å². The van der Waals surface area contributed by atoms with Crippen molar-refractivity contribution in [3.05, 3.63) is 71.2 Å². The Morgan fingerprint density at radius 2 is 1.41 bits per heavy atom. The molecule has 0 aliphatic rings.